The Bertz CT molecular complexity index is 303. The van der Waals surface area contributed by atoms with E-state index in [1.165, 1.54) is 10.8 Å². The molecular formula is C8H21NaO6S3Si. The van der Waals surface area contributed by atoms with Gasteiger partial charge in [-0.3, -0.25) is 4.55 Å². The second-order valence-electron chi connectivity index (χ2n) is 3.33. The van der Waals surface area contributed by atoms with Crippen LogP contribution in [0.1, 0.15) is 6.42 Å². The van der Waals surface area contributed by atoms with Crippen LogP contribution in [0.5, 0.6) is 0 Å². The molecule has 0 spiro atoms. The first-order chi connectivity index (χ1) is 8.39. The first kappa shape index (κ1) is 23.0. The molecule has 0 aromatic heterocycles. The first-order valence-corrected chi connectivity index (χ1v) is 11.3. The fourth-order valence-electron chi connectivity index (χ4n) is 1.16. The number of hydrogen-bond acceptors (Lipinski definition) is 7. The van der Waals surface area contributed by atoms with Crippen molar-refractivity contribution in [1.82, 2.24) is 0 Å². The molecule has 6 nitrogen and oxygen atoms in total. The predicted octanol–water partition coefficient (Wildman–Crippen LogP) is 0.875. The van der Waals surface area contributed by atoms with Gasteiger partial charge >= 0.3 is 38.4 Å². The van der Waals surface area contributed by atoms with E-state index >= 15 is 0 Å². The average molecular weight is 361 g/mol. The maximum atomic E-state index is 10.5. The van der Waals surface area contributed by atoms with Crippen molar-refractivity contribution in [2.45, 2.75) is 12.5 Å². The van der Waals surface area contributed by atoms with Gasteiger partial charge in [0.2, 0.25) is 0 Å². The molecule has 19 heavy (non-hydrogen) atoms. The summed E-state index contributed by atoms with van der Waals surface area (Å²) in [5.41, 5.74) is 0. The van der Waals surface area contributed by atoms with Crippen LogP contribution in [0.3, 0.4) is 0 Å². The summed E-state index contributed by atoms with van der Waals surface area (Å²) in [5.74, 6) is 1.02. The Morgan fingerprint density at radius 1 is 1.05 bits per heavy atom. The fraction of sp³-hybridized carbons (Fsp3) is 1.00. The molecule has 1 N–H and O–H groups in total. The van der Waals surface area contributed by atoms with Gasteiger partial charge in [-0.15, -0.1) is 0 Å². The SMILES string of the molecule is CO[Si](CCCSSCCS(=O)(=O)O)(OC)OC.[NaH]. The molecule has 0 atom stereocenters. The van der Waals surface area contributed by atoms with Crippen LogP contribution in [0.25, 0.3) is 0 Å². The molecule has 0 aromatic rings. The monoisotopic (exact) mass is 360 g/mol. The van der Waals surface area contributed by atoms with Crippen molar-refractivity contribution in [2.24, 2.45) is 0 Å². The second kappa shape index (κ2) is 12.3. The Morgan fingerprint density at radius 3 is 1.95 bits per heavy atom. The normalized spacial score (nSPS) is 12.2. The van der Waals surface area contributed by atoms with Gasteiger partial charge in [-0.05, 0) is 6.42 Å². The van der Waals surface area contributed by atoms with E-state index in [2.05, 4.69) is 0 Å². The van der Waals surface area contributed by atoms with Crippen LogP contribution in [0.4, 0.5) is 0 Å². The van der Waals surface area contributed by atoms with Gasteiger partial charge in [-0.1, -0.05) is 21.6 Å². The Balaban J connectivity index is 0. The quantitative estimate of drug-likeness (QED) is 0.252. The standard InChI is InChI=1S/C8H20O6S3Si.Na.H/c1-12-18(13-2,14-3)8-4-5-15-16-6-7-17(9,10)11;;/h4-8H2,1-3H3,(H,9,10,11);;. The van der Waals surface area contributed by atoms with Gasteiger partial charge in [0.25, 0.3) is 10.1 Å². The van der Waals surface area contributed by atoms with Crippen molar-refractivity contribution in [3.05, 3.63) is 0 Å². The topological polar surface area (TPSA) is 82.1 Å². The third kappa shape index (κ3) is 12.0. The molecule has 0 saturated heterocycles. The summed E-state index contributed by atoms with van der Waals surface area (Å²) in [6, 6.07) is 0.725. The Morgan fingerprint density at radius 2 is 1.53 bits per heavy atom. The number of hydrogen-bond donors (Lipinski definition) is 1. The summed E-state index contributed by atoms with van der Waals surface area (Å²) in [4.78, 5) is 0. The van der Waals surface area contributed by atoms with Gasteiger partial charge in [0.15, 0.2) is 0 Å². The predicted molar refractivity (Wildman–Crippen MR) is 84.7 cm³/mol. The van der Waals surface area contributed by atoms with Crippen LogP contribution in [0.2, 0.25) is 6.04 Å². The van der Waals surface area contributed by atoms with Gasteiger partial charge in [0.1, 0.15) is 0 Å². The summed E-state index contributed by atoms with van der Waals surface area (Å²) >= 11 is 0. The molecule has 11 heteroatoms. The van der Waals surface area contributed by atoms with Crippen LogP contribution in [-0.4, -0.2) is 89.9 Å². The average Bonchev–Trinajstić information content (AvgIpc) is 2.32. The van der Waals surface area contributed by atoms with Gasteiger partial charge in [-0.25, -0.2) is 0 Å². The minimum absolute atomic E-state index is 0. The van der Waals surface area contributed by atoms with Crippen LogP contribution >= 0.6 is 21.6 Å². The fourth-order valence-corrected chi connectivity index (χ4v) is 6.42. The Labute approximate surface area is 146 Å². The summed E-state index contributed by atoms with van der Waals surface area (Å²) in [6.45, 7) is 0. The van der Waals surface area contributed by atoms with Gasteiger partial charge in [0.05, 0.1) is 5.75 Å². The van der Waals surface area contributed by atoms with Gasteiger partial charge in [-0.2, -0.15) is 8.42 Å². The molecule has 0 aliphatic carbocycles. The van der Waals surface area contributed by atoms with E-state index in [0.29, 0.717) is 5.75 Å². The Kier molecular flexibility index (Phi) is 14.8. The van der Waals surface area contributed by atoms with E-state index in [9.17, 15) is 8.42 Å². The van der Waals surface area contributed by atoms with E-state index in [-0.39, 0.29) is 35.3 Å². The molecule has 0 radical (unpaired) electrons. The second-order valence-corrected chi connectivity index (χ2v) is 10.7. The number of rotatable bonds is 11. The van der Waals surface area contributed by atoms with Crippen molar-refractivity contribution in [3.63, 3.8) is 0 Å². The molecule has 0 heterocycles. The van der Waals surface area contributed by atoms with E-state index < -0.39 is 18.9 Å². The Hall–Kier alpha value is 1.71. The maximum absolute atomic E-state index is 10.5. The van der Waals surface area contributed by atoms with Crippen molar-refractivity contribution in [3.8, 4) is 0 Å². The van der Waals surface area contributed by atoms with Crippen LogP contribution in [-0.2, 0) is 23.4 Å². The molecular weight excluding hydrogens is 339 g/mol. The molecule has 0 aliphatic rings. The summed E-state index contributed by atoms with van der Waals surface area (Å²) in [6.07, 6.45) is 0.866. The summed E-state index contributed by atoms with van der Waals surface area (Å²) < 4.78 is 45.3. The zero-order chi connectivity index (χ0) is 14.1. The molecule has 0 unspecified atom stereocenters. The third-order valence-corrected chi connectivity index (χ3v) is 8.45. The third-order valence-electron chi connectivity index (χ3n) is 2.15. The van der Waals surface area contributed by atoms with Gasteiger partial charge in [0, 0.05) is 38.9 Å². The van der Waals surface area contributed by atoms with E-state index in [1.807, 2.05) is 0 Å². The van der Waals surface area contributed by atoms with Crippen LogP contribution in [0, 0.1) is 0 Å². The molecule has 0 saturated carbocycles. The minimum atomic E-state index is -3.84. The molecule has 0 rings (SSSR count). The van der Waals surface area contributed by atoms with Crippen molar-refractivity contribution in [1.29, 1.82) is 0 Å². The van der Waals surface area contributed by atoms with Crippen molar-refractivity contribution in [2.75, 3.05) is 38.6 Å². The van der Waals surface area contributed by atoms with Crippen LogP contribution in [0.15, 0.2) is 0 Å². The molecule has 0 fully saturated rings. The molecule has 0 aromatic carbocycles. The molecule has 112 valence electrons. The van der Waals surface area contributed by atoms with Crippen molar-refractivity contribution >= 4 is 70.1 Å². The zero-order valence-electron chi connectivity index (χ0n) is 10.7. The van der Waals surface area contributed by atoms with E-state index in [1.54, 1.807) is 32.1 Å². The first-order valence-electron chi connectivity index (χ1n) is 5.24. The van der Waals surface area contributed by atoms with Crippen molar-refractivity contribution < 1.29 is 26.2 Å². The molecule has 0 bridgehead atoms. The van der Waals surface area contributed by atoms with E-state index in [0.717, 1.165) is 18.2 Å². The van der Waals surface area contributed by atoms with E-state index in [4.69, 9.17) is 17.8 Å². The summed E-state index contributed by atoms with van der Waals surface area (Å²) in [7, 11) is 1.40. The van der Waals surface area contributed by atoms with Gasteiger partial charge < -0.3 is 13.3 Å². The molecule has 0 amide bonds. The van der Waals surface area contributed by atoms with Crippen LogP contribution < -0.4 is 0 Å². The molecule has 0 aliphatic heterocycles. The zero-order valence-corrected chi connectivity index (χ0v) is 14.2. The summed E-state index contributed by atoms with van der Waals surface area (Å²) in [5, 5.41) is 0.